The third-order valence-corrected chi connectivity index (χ3v) is 5.46. The molecule has 0 aliphatic heterocycles. The summed E-state index contributed by atoms with van der Waals surface area (Å²) in [5, 5.41) is 0.508. The lowest BCUT2D eigenvalue weighted by molar-refractivity contribution is -0.372. The summed E-state index contributed by atoms with van der Waals surface area (Å²) in [6, 6.07) is 12.3. The first-order valence-corrected chi connectivity index (χ1v) is 10.7. The van der Waals surface area contributed by atoms with Gasteiger partial charge in [-0.3, -0.25) is 0 Å². The number of rotatable bonds is 10. The van der Waals surface area contributed by atoms with Gasteiger partial charge in [0.15, 0.2) is 0 Å². The minimum Gasteiger partial charge on any atom is -0.462 e. The Morgan fingerprint density at radius 2 is 1.31 bits per heavy atom. The number of hydrogen-bond acceptors (Lipinski definition) is 4. The normalized spacial score (nSPS) is 12.4. The van der Waals surface area contributed by atoms with Crippen molar-refractivity contribution in [1.82, 2.24) is 4.90 Å². The van der Waals surface area contributed by atoms with Crippen LogP contribution in [0.1, 0.15) is 19.4 Å². The zero-order valence-electron chi connectivity index (χ0n) is 18.9. The summed E-state index contributed by atoms with van der Waals surface area (Å²) >= 11 is 5.83. The van der Waals surface area contributed by atoms with Gasteiger partial charge in [-0.25, -0.2) is 4.79 Å². The first-order valence-electron chi connectivity index (χ1n) is 10.4. The molecule has 0 aromatic heterocycles. The fraction of sp³-hybridized carbons (Fsp3) is 0.435. The average molecular weight is 548 g/mol. The van der Waals surface area contributed by atoms with Crippen molar-refractivity contribution in [2.45, 2.75) is 38.4 Å². The monoisotopic (exact) mass is 547 g/mol. The Balaban J connectivity index is 0.00000612. The molecule has 12 heteroatoms. The number of nitrogens with zero attached hydrogens (tertiary/aromatic N) is 1. The maximum absolute atomic E-state index is 13.7. The molecule has 0 fully saturated rings. The predicted molar refractivity (Wildman–Crippen MR) is 123 cm³/mol. The van der Waals surface area contributed by atoms with E-state index in [1.165, 1.54) is 24.3 Å². The summed E-state index contributed by atoms with van der Waals surface area (Å²) in [5.74, 6) is -2.54. The van der Waals surface area contributed by atoms with Crippen molar-refractivity contribution in [3.63, 3.8) is 0 Å². The highest BCUT2D eigenvalue weighted by atomic mass is 35.5. The van der Waals surface area contributed by atoms with Crippen LogP contribution in [0.5, 0.6) is 0 Å². The fourth-order valence-corrected chi connectivity index (χ4v) is 3.28. The first kappa shape index (κ1) is 31.0. The van der Waals surface area contributed by atoms with Crippen LogP contribution in [-0.4, -0.2) is 55.1 Å². The zero-order valence-corrected chi connectivity index (χ0v) is 20.5. The van der Waals surface area contributed by atoms with Gasteiger partial charge >= 0.3 is 23.9 Å². The van der Waals surface area contributed by atoms with Crippen molar-refractivity contribution < 1.29 is 40.6 Å². The lowest BCUT2D eigenvalue weighted by atomic mass is 10.0. The van der Waals surface area contributed by atoms with Crippen molar-refractivity contribution in [3.8, 4) is 11.1 Å². The Labute approximate surface area is 210 Å². The van der Waals surface area contributed by atoms with E-state index >= 15 is 0 Å². The first-order chi connectivity index (χ1) is 15.9. The van der Waals surface area contributed by atoms with Crippen LogP contribution in [0.4, 0.5) is 26.3 Å². The maximum atomic E-state index is 13.7. The molecule has 2 aromatic rings. The molecule has 0 N–H and O–H groups in total. The standard InChI is InChI=1S/C23H24ClF6NO3.ClH/c1-3-31(4-2)13-14-33-20(32)21(22(25,26)27,23(28,29)30)34-15-16-5-7-17(8-6-16)18-9-11-19(24)12-10-18;/h5-12H,3-4,13-15H2,1-2H3;1H. The molecule has 0 saturated heterocycles. The molecule has 0 unspecified atom stereocenters. The molecular weight excluding hydrogens is 523 g/mol. The largest absolute Gasteiger partial charge is 0.462 e. The Hall–Kier alpha value is -2.01. The summed E-state index contributed by atoms with van der Waals surface area (Å²) in [7, 11) is 0. The molecule has 0 bridgehead atoms. The van der Waals surface area contributed by atoms with Gasteiger partial charge < -0.3 is 14.4 Å². The summed E-state index contributed by atoms with van der Waals surface area (Å²) in [6.45, 7) is 2.70. The molecule has 0 spiro atoms. The summed E-state index contributed by atoms with van der Waals surface area (Å²) in [6.07, 6.45) is -12.2. The molecule has 196 valence electrons. The SMILES string of the molecule is CCN(CC)CCOC(=O)C(OCc1ccc(-c2ccc(Cl)cc2)cc1)(C(F)(F)F)C(F)(F)F.Cl. The van der Waals surface area contributed by atoms with E-state index in [0.29, 0.717) is 23.7 Å². The highest BCUT2D eigenvalue weighted by molar-refractivity contribution is 6.30. The van der Waals surface area contributed by atoms with Crippen molar-refractivity contribution >= 4 is 30.0 Å². The molecule has 0 heterocycles. The number of carbonyl (C=O) groups excluding carboxylic acids is 1. The van der Waals surface area contributed by atoms with Gasteiger partial charge in [0.25, 0.3) is 0 Å². The van der Waals surface area contributed by atoms with Crippen LogP contribution in [0.3, 0.4) is 0 Å². The van der Waals surface area contributed by atoms with Crippen LogP contribution >= 0.6 is 24.0 Å². The molecule has 2 aromatic carbocycles. The lowest BCUT2D eigenvalue weighted by Crippen LogP contribution is -2.64. The number of ether oxygens (including phenoxy) is 2. The van der Waals surface area contributed by atoms with Gasteiger partial charge in [-0.15, -0.1) is 12.4 Å². The lowest BCUT2D eigenvalue weighted by Gasteiger charge is -2.34. The number of alkyl halides is 6. The average Bonchev–Trinajstić information content (AvgIpc) is 2.76. The molecule has 0 saturated carbocycles. The van der Waals surface area contributed by atoms with Crippen LogP contribution in [-0.2, 0) is 20.9 Å². The van der Waals surface area contributed by atoms with E-state index in [1.54, 1.807) is 43.0 Å². The molecule has 0 radical (unpaired) electrons. The van der Waals surface area contributed by atoms with Crippen LogP contribution in [0.15, 0.2) is 48.5 Å². The molecule has 4 nitrogen and oxygen atoms in total. The second kappa shape index (κ2) is 12.8. The van der Waals surface area contributed by atoms with E-state index in [4.69, 9.17) is 11.6 Å². The molecule has 0 atom stereocenters. The smallest absolute Gasteiger partial charge is 0.437 e. The number of benzene rings is 2. The quantitative estimate of drug-likeness (QED) is 0.245. The summed E-state index contributed by atoms with van der Waals surface area (Å²) in [4.78, 5) is 13.9. The third-order valence-electron chi connectivity index (χ3n) is 5.21. The molecular formula is C23H25Cl2F6NO3. The van der Waals surface area contributed by atoms with Crippen molar-refractivity contribution in [1.29, 1.82) is 0 Å². The van der Waals surface area contributed by atoms with Gasteiger partial charge in [-0.2, -0.15) is 26.3 Å². The predicted octanol–water partition coefficient (Wildman–Crippen LogP) is 6.69. The highest BCUT2D eigenvalue weighted by Gasteiger charge is 2.78. The fourth-order valence-electron chi connectivity index (χ4n) is 3.15. The minimum absolute atomic E-state index is 0. The van der Waals surface area contributed by atoms with Crippen LogP contribution in [0, 0.1) is 0 Å². The van der Waals surface area contributed by atoms with Crippen molar-refractivity contribution in [3.05, 3.63) is 59.1 Å². The number of halogens is 8. The van der Waals surface area contributed by atoms with Crippen LogP contribution in [0.2, 0.25) is 5.02 Å². The van der Waals surface area contributed by atoms with Crippen molar-refractivity contribution in [2.24, 2.45) is 0 Å². The molecule has 2 rings (SSSR count). The van der Waals surface area contributed by atoms with Crippen LogP contribution < -0.4 is 0 Å². The van der Waals surface area contributed by atoms with Crippen molar-refractivity contribution in [2.75, 3.05) is 26.2 Å². The zero-order chi connectivity index (χ0) is 25.6. The molecule has 0 aliphatic rings. The number of hydrogen-bond donors (Lipinski definition) is 0. The van der Waals surface area contributed by atoms with E-state index in [0.717, 1.165) is 5.56 Å². The van der Waals surface area contributed by atoms with Gasteiger partial charge in [0, 0.05) is 11.6 Å². The Kier molecular flexibility index (Phi) is 11.3. The molecule has 0 aliphatic carbocycles. The van der Waals surface area contributed by atoms with E-state index in [2.05, 4.69) is 9.47 Å². The third kappa shape index (κ3) is 7.49. The Morgan fingerprint density at radius 3 is 1.74 bits per heavy atom. The second-order valence-electron chi connectivity index (χ2n) is 7.33. The van der Waals surface area contributed by atoms with Gasteiger partial charge in [-0.1, -0.05) is 61.8 Å². The van der Waals surface area contributed by atoms with Gasteiger partial charge in [0.05, 0.1) is 6.61 Å². The number of esters is 1. The van der Waals surface area contributed by atoms with E-state index < -0.39 is 37.1 Å². The molecule has 0 amide bonds. The number of carbonyl (C=O) groups is 1. The van der Waals surface area contributed by atoms with Crippen LogP contribution in [0.25, 0.3) is 11.1 Å². The van der Waals surface area contributed by atoms with E-state index in [1.807, 2.05) is 0 Å². The van der Waals surface area contributed by atoms with Gasteiger partial charge in [0.1, 0.15) is 6.61 Å². The second-order valence-corrected chi connectivity index (χ2v) is 7.77. The van der Waals surface area contributed by atoms with E-state index in [-0.39, 0.29) is 24.5 Å². The summed E-state index contributed by atoms with van der Waals surface area (Å²) in [5.41, 5.74) is -3.70. The highest BCUT2D eigenvalue weighted by Crippen LogP contribution is 2.47. The van der Waals surface area contributed by atoms with E-state index in [9.17, 15) is 31.1 Å². The summed E-state index contributed by atoms with van der Waals surface area (Å²) < 4.78 is 90.9. The number of likely N-dealkylation sites (N-methyl/N-ethyl adjacent to an activating group) is 1. The van der Waals surface area contributed by atoms with Gasteiger partial charge in [-0.05, 0) is 41.9 Å². The van der Waals surface area contributed by atoms with Gasteiger partial charge in [0.2, 0.25) is 0 Å². The topological polar surface area (TPSA) is 38.8 Å². The minimum atomic E-state index is -6.10. The molecule has 35 heavy (non-hydrogen) atoms. The Bertz CT molecular complexity index is 916. The maximum Gasteiger partial charge on any atom is 0.437 e. The Morgan fingerprint density at radius 1 is 0.857 bits per heavy atom.